The van der Waals surface area contributed by atoms with E-state index in [0.29, 0.717) is 18.8 Å². The van der Waals surface area contributed by atoms with Crippen molar-refractivity contribution >= 4 is 29.0 Å². The van der Waals surface area contributed by atoms with Gasteiger partial charge < -0.3 is 21.1 Å². The molecule has 0 aliphatic heterocycles. The number of nitrogens with one attached hydrogen (secondary N) is 2. The second-order valence-corrected chi connectivity index (χ2v) is 7.25. The molecule has 2 amide bonds. The Morgan fingerprint density at radius 1 is 1.03 bits per heavy atom. The summed E-state index contributed by atoms with van der Waals surface area (Å²) in [4.78, 5) is 25.1. The van der Waals surface area contributed by atoms with Crippen molar-refractivity contribution in [3.8, 4) is 5.75 Å². The average Bonchev–Trinajstić information content (AvgIpc) is 3.13. The SMILES string of the molecule is COc1cccc(CNC(=O)c2nsc(C(=O)NCc3ccc(C)cc3)c2N)c1. The van der Waals surface area contributed by atoms with Crippen molar-refractivity contribution in [1.82, 2.24) is 15.0 Å². The summed E-state index contributed by atoms with van der Waals surface area (Å²) >= 11 is 0.910. The Labute approximate surface area is 173 Å². The van der Waals surface area contributed by atoms with E-state index in [-0.39, 0.29) is 22.2 Å². The minimum absolute atomic E-state index is 0.0541. The number of ether oxygens (including phenoxy) is 1. The van der Waals surface area contributed by atoms with Gasteiger partial charge >= 0.3 is 0 Å². The molecule has 0 unspecified atom stereocenters. The highest BCUT2D eigenvalue weighted by molar-refractivity contribution is 7.09. The summed E-state index contributed by atoms with van der Waals surface area (Å²) in [5.74, 6) is -0.0796. The van der Waals surface area contributed by atoms with Gasteiger partial charge in [-0.2, -0.15) is 4.37 Å². The van der Waals surface area contributed by atoms with Crippen LogP contribution in [0.25, 0.3) is 0 Å². The van der Waals surface area contributed by atoms with Crippen molar-refractivity contribution in [3.05, 3.63) is 75.8 Å². The van der Waals surface area contributed by atoms with Gasteiger partial charge in [-0.3, -0.25) is 9.59 Å². The lowest BCUT2D eigenvalue weighted by atomic mass is 10.1. The number of carbonyl (C=O) groups excluding carboxylic acids is 2. The van der Waals surface area contributed by atoms with E-state index in [0.717, 1.165) is 28.2 Å². The minimum Gasteiger partial charge on any atom is -0.497 e. The van der Waals surface area contributed by atoms with E-state index < -0.39 is 5.91 Å². The first kappa shape index (κ1) is 20.3. The number of rotatable bonds is 7. The van der Waals surface area contributed by atoms with Gasteiger partial charge in [-0.15, -0.1) is 0 Å². The van der Waals surface area contributed by atoms with E-state index in [1.807, 2.05) is 55.5 Å². The molecule has 0 saturated heterocycles. The number of hydrogen-bond acceptors (Lipinski definition) is 6. The smallest absolute Gasteiger partial charge is 0.273 e. The third-order valence-corrected chi connectivity index (χ3v) is 5.17. The van der Waals surface area contributed by atoms with Gasteiger partial charge in [0.15, 0.2) is 5.69 Å². The first-order valence-electron chi connectivity index (χ1n) is 8.98. The second kappa shape index (κ2) is 9.20. The van der Waals surface area contributed by atoms with Gasteiger partial charge in [-0.1, -0.05) is 42.0 Å². The molecular weight excluding hydrogens is 388 g/mol. The normalized spacial score (nSPS) is 10.4. The topological polar surface area (TPSA) is 106 Å². The van der Waals surface area contributed by atoms with Gasteiger partial charge in [0.2, 0.25) is 0 Å². The average molecular weight is 410 g/mol. The predicted octanol–water partition coefficient (Wildman–Crippen LogP) is 2.90. The number of nitrogen functional groups attached to an aromatic ring is 1. The molecule has 0 aliphatic carbocycles. The fourth-order valence-corrected chi connectivity index (χ4v) is 3.36. The van der Waals surface area contributed by atoms with Gasteiger partial charge in [0, 0.05) is 13.1 Å². The Balaban J connectivity index is 1.60. The number of carbonyl (C=O) groups is 2. The molecule has 150 valence electrons. The summed E-state index contributed by atoms with van der Waals surface area (Å²) in [5, 5.41) is 5.56. The first-order chi connectivity index (χ1) is 14.0. The molecule has 3 rings (SSSR count). The van der Waals surface area contributed by atoms with Crippen LogP contribution in [-0.4, -0.2) is 23.3 Å². The van der Waals surface area contributed by atoms with E-state index in [4.69, 9.17) is 10.5 Å². The van der Waals surface area contributed by atoms with Gasteiger partial charge in [-0.05, 0) is 41.7 Å². The molecule has 0 atom stereocenters. The molecule has 29 heavy (non-hydrogen) atoms. The van der Waals surface area contributed by atoms with Gasteiger partial charge in [0.1, 0.15) is 10.6 Å². The van der Waals surface area contributed by atoms with Crippen LogP contribution in [-0.2, 0) is 13.1 Å². The third-order valence-electron chi connectivity index (χ3n) is 4.31. The van der Waals surface area contributed by atoms with Gasteiger partial charge in [0.05, 0.1) is 12.8 Å². The fourth-order valence-electron chi connectivity index (χ4n) is 2.64. The van der Waals surface area contributed by atoms with Crippen molar-refractivity contribution in [2.24, 2.45) is 0 Å². The van der Waals surface area contributed by atoms with Crippen LogP contribution in [0.2, 0.25) is 0 Å². The number of amides is 2. The maximum Gasteiger partial charge on any atom is 0.273 e. The highest BCUT2D eigenvalue weighted by Crippen LogP contribution is 2.22. The van der Waals surface area contributed by atoms with E-state index in [9.17, 15) is 9.59 Å². The van der Waals surface area contributed by atoms with Crippen LogP contribution in [0.4, 0.5) is 5.69 Å². The molecule has 4 N–H and O–H groups in total. The van der Waals surface area contributed by atoms with Crippen LogP contribution in [0.15, 0.2) is 48.5 Å². The van der Waals surface area contributed by atoms with Crippen molar-refractivity contribution in [3.63, 3.8) is 0 Å². The van der Waals surface area contributed by atoms with Crippen LogP contribution >= 0.6 is 11.5 Å². The molecule has 1 heterocycles. The number of anilines is 1. The zero-order chi connectivity index (χ0) is 20.8. The molecule has 1 aromatic heterocycles. The Bertz CT molecular complexity index is 1020. The highest BCUT2D eigenvalue weighted by atomic mass is 32.1. The molecular formula is C21H22N4O3S. The molecule has 8 heteroatoms. The number of benzene rings is 2. The Morgan fingerprint density at radius 3 is 2.45 bits per heavy atom. The molecule has 3 aromatic rings. The van der Waals surface area contributed by atoms with Gasteiger partial charge in [-0.25, -0.2) is 0 Å². The summed E-state index contributed by atoms with van der Waals surface area (Å²) in [6, 6.07) is 15.2. The van der Waals surface area contributed by atoms with E-state index in [1.165, 1.54) is 0 Å². The molecule has 0 saturated carbocycles. The number of nitrogens with two attached hydrogens (primary N) is 1. The van der Waals surface area contributed by atoms with Crippen LogP contribution in [0.5, 0.6) is 5.75 Å². The number of nitrogens with zero attached hydrogens (tertiary/aromatic N) is 1. The van der Waals surface area contributed by atoms with E-state index in [1.54, 1.807) is 7.11 Å². The lowest BCUT2D eigenvalue weighted by molar-refractivity contribution is 0.0946. The number of methoxy groups -OCH3 is 1. The number of hydrogen-bond donors (Lipinski definition) is 3. The van der Waals surface area contributed by atoms with Crippen molar-refractivity contribution in [2.75, 3.05) is 12.8 Å². The van der Waals surface area contributed by atoms with E-state index >= 15 is 0 Å². The van der Waals surface area contributed by atoms with Crippen LogP contribution in [0, 0.1) is 6.92 Å². The zero-order valence-electron chi connectivity index (χ0n) is 16.2. The maximum atomic E-state index is 12.4. The second-order valence-electron chi connectivity index (χ2n) is 6.48. The summed E-state index contributed by atoms with van der Waals surface area (Å²) in [5.41, 5.74) is 9.15. The lowest BCUT2D eigenvalue weighted by Crippen LogP contribution is -2.25. The molecule has 0 radical (unpaired) electrons. The van der Waals surface area contributed by atoms with Crippen LogP contribution in [0.1, 0.15) is 36.9 Å². The number of aromatic nitrogens is 1. The largest absolute Gasteiger partial charge is 0.497 e. The quantitative estimate of drug-likeness (QED) is 0.555. The molecule has 0 spiro atoms. The summed E-state index contributed by atoms with van der Waals surface area (Å²) in [7, 11) is 1.58. The monoisotopic (exact) mass is 410 g/mol. The maximum absolute atomic E-state index is 12.4. The third kappa shape index (κ3) is 5.11. The standard InChI is InChI=1S/C21H22N4O3S/c1-13-6-8-14(9-7-13)11-24-21(27)19-17(22)18(25-29-19)20(26)23-12-15-4-3-5-16(10-15)28-2/h3-10H,11-12,22H2,1-2H3,(H,23,26)(H,24,27). The Kier molecular flexibility index (Phi) is 6.46. The fraction of sp³-hybridized carbons (Fsp3) is 0.190. The van der Waals surface area contributed by atoms with Gasteiger partial charge in [0.25, 0.3) is 11.8 Å². The van der Waals surface area contributed by atoms with Crippen LogP contribution < -0.4 is 21.1 Å². The van der Waals surface area contributed by atoms with Crippen LogP contribution in [0.3, 0.4) is 0 Å². The van der Waals surface area contributed by atoms with Crippen molar-refractivity contribution in [2.45, 2.75) is 20.0 Å². The molecule has 2 aromatic carbocycles. The van der Waals surface area contributed by atoms with Crippen molar-refractivity contribution in [1.29, 1.82) is 0 Å². The molecule has 0 aliphatic rings. The highest BCUT2D eigenvalue weighted by Gasteiger charge is 2.21. The summed E-state index contributed by atoms with van der Waals surface area (Å²) in [6.45, 7) is 2.66. The summed E-state index contributed by atoms with van der Waals surface area (Å²) in [6.07, 6.45) is 0. The molecule has 0 bridgehead atoms. The minimum atomic E-state index is -0.431. The zero-order valence-corrected chi connectivity index (χ0v) is 17.0. The number of aryl methyl sites for hydroxylation is 1. The first-order valence-corrected chi connectivity index (χ1v) is 9.75. The Morgan fingerprint density at radius 2 is 1.72 bits per heavy atom. The molecule has 7 nitrogen and oxygen atoms in total. The predicted molar refractivity (Wildman–Crippen MR) is 113 cm³/mol. The molecule has 0 fully saturated rings. The van der Waals surface area contributed by atoms with Crippen molar-refractivity contribution < 1.29 is 14.3 Å². The summed E-state index contributed by atoms with van der Waals surface area (Å²) < 4.78 is 9.24. The Hall–Kier alpha value is -3.39. The lowest BCUT2D eigenvalue weighted by Gasteiger charge is -2.07. The van der Waals surface area contributed by atoms with E-state index in [2.05, 4.69) is 15.0 Å².